The van der Waals surface area contributed by atoms with Crippen molar-refractivity contribution in [2.24, 2.45) is 4.99 Å². The zero-order valence-corrected chi connectivity index (χ0v) is 19.0. The molecule has 0 heterocycles. The molecule has 5 heteroatoms. The Labute approximate surface area is 199 Å². The van der Waals surface area contributed by atoms with E-state index < -0.39 is 0 Å². The molecule has 4 nitrogen and oxygen atoms in total. The van der Waals surface area contributed by atoms with Crippen molar-refractivity contribution in [2.45, 2.75) is 13.5 Å². The fraction of sp³-hybridized carbons (Fsp3) is 0.107. The van der Waals surface area contributed by atoms with Crippen molar-refractivity contribution in [3.8, 4) is 23.0 Å². The minimum Gasteiger partial charge on any atom is -0.490 e. The summed E-state index contributed by atoms with van der Waals surface area (Å²) in [4.78, 5) is 4.57. The van der Waals surface area contributed by atoms with Crippen LogP contribution < -0.4 is 14.2 Å². The van der Waals surface area contributed by atoms with Crippen LogP contribution in [0.2, 0.25) is 5.02 Å². The lowest BCUT2D eigenvalue weighted by molar-refractivity contribution is 0.269. The molecule has 0 amide bonds. The number of ether oxygens (including phenoxy) is 3. The van der Waals surface area contributed by atoms with Crippen molar-refractivity contribution in [3.63, 3.8) is 0 Å². The smallest absolute Gasteiger partial charge is 0.161 e. The van der Waals surface area contributed by atoms with Gasteiger partial charge < -0.3 is 14.2 Å². The van der Waals surface area contributed by atoms with Crippen LogP contribution in [-0.4, -0.2) is 12.8 Å². The summed E-state index contributed by atoms with van der Waals surface area (Å²) < 4.78 is 17.6. The molecule has 0 saturated carbocycles. The van der Waals surface area contributed by atoms with Gasteiger partial charge in [0.25, 0.3) is 0 Å². The Morgan fingerprint density at radius 3 is 2.24 bits per heavy atom. The van der Waals surface area contributed by atoms with Crippen LogP contribution in [0.4, 0.5) is 5.69 Å². The molecule has 0 fully saturated rings. The van der Waals surface area contributed by atoms with Gasteiger partial charge in [0.05, 0.1) is 12.3 Å². The zero-order chi connectivity index (χ0) is 22.9. The van der Waals surface area contributed by atoms with E-state index in [2.05, 4.69) is 4.99 Å². The third-order valence-electron chi connectivity index (χ3n) is 4.79. The number of aliphatic imine (C=N–C) groups is 1. The monoisotopic (exact) mass is 457 g/mol. The van der Waals surface area contributed by atoms with E-state index in [0.717, 1.165) is 28.3 Å². The van der Waals surface area contributed by atoms with Gasteiger partial charge in [-0.05, 0) is 73.2 Å². The maximum Gasteiger partial charge on any atom is 0.161 e. The Morgan fingerprint density at radius 2 is 1.48 bits per heavy atom. The maximum atomic E-state index is 6.23. The Morgan fingerprint density at radius 1 is 0.758 bits per heavy atom. The first kappa shape index (κ1) is 22.4. The van der Waals surface area contributed by atoms with E-state index in [1.165, 1.54) is 0 Å². The van der Waals surface area contributed by atoms with Gasteiger partial charge in [0.1, 0.15) is 18.1 Å². The number of halogens is 1. The molecular weight excluding hydrogens is 434 g/mol. The van der Waals surface area contributed by atoms with Gasteiger partial charge >= 0.3 is 0 Å². The first-order valence-electron chi connectivity index (χ1n) is 10.7. The highest BCUT2D eigenvalue weighted by molar-refractivity contribution is 6.31. The van der Waals surface area contributed by atoms with Crippen LogP contribution in [0.1, 0.15) is 18.1 Å². The van der Waals surface area contributed by atoms with E-state index in [1.807, 2.05) is 104 Å². The van der Waals surface area contributed by atoms with Gasteiger partial charge in [-0.2, -0.15) is 0 Å². The number of para-hydroxylation sites is 1. The number of hydrogen-bond donors (Lipinski definition) is 0. The van der Waals surface area contributed by atoms with E-state index >= 15 is 0 Å². The second-order valence-corrected chi connectivity index (χ2v) is 7.59. The van der Waals surface area contributed by atoms with Gasteiger partial charge in [-0.15, -0.1) is 0 Å². The molecule has 0 spiro atoms. The fourth-order valence-electron chi connectivity index (χ4n) is 3.14. The SMILES string of the molecule is CCOc1cc(C=Nc2ccc(Oc3ccccc3)cc2)ccc1OCc1ccccc1Cl. The highest BCUT2D eigenvalue weighted by Crippen LogP contribution is 2.30. The van der Waals surface area contributed by atoms with Gasteiger partial charge in [0.15, 0.2) is 11.5 Å². The van der Waals surface area contributed by atoms with Gasteiger partial charge in [0, 0.05) is 16.8 Å². The molecule has 4 rings (SSSR count). The average molecular weight is 458 g/mol. The summed E-state index contributed by atoms with van der Waals surface area (Å²) in [6.07, 6.45) is 1.80. The maximum absolute atomic E-state index is 6.23. The molecule has 0 atom stereocenters. The molecule has 33 heavy (non-hydrogen) atoms. The topological polar surface area (TPSA) is 40.0 Å². The first-order chi connectivity index (χ1) is 16.2. The number of hydrogen-bond acceptors (Lipinski definition) is 4. The Hall–Kier alpha value is -3.76. The van der Waals surface area contributed by atoms with Crippen molar-refractivity contribution in [1.82, 2.24) is 0 Å². The predicted octanol–water partition coefficient (Wildman–Crippen LogP) is 7.86. The Balaban J connectivity index is 1.43. The van der Waals surface area contributed by atoms with E-state index in [-0.39, 0.29) is 0 Å². The van der Waals surface area contributed by atoms with Crippen LogP contribution in [0.3, 0.4) is 0 Å². The quantitative estimate of drug-likeness (QED) is 0.240. The van der Waals surface area contributed by atoms with Gasteiger partial charge in [0.2, 0.25) is 0 Å². The lowest BCUT2D eigenvalue weighted by atomic mass is 10.2. The number of benzene rings is 4. The first-order valence-corrected chi connectivity index (χ1v) is 11.1. The fourth-order valence-corrected chi connectivity index (χ4v) is 3.33. The molecule has 0 aliphatic heterocycles. The third kappa shape index (κ3) is 6.37. The molecule has 0 aliphatic carbocycles. The molecule has 166 valence electrons. The van der Waals surface area contributed by atoms with Crippen LogP contribution >= 0.6 is 11.6 Å². The van der Waals surface area contributed by atoms with Gasteiger partial charge in [-0.1, -0.05) is 48.0 Å². The summed E-state index contributed by atoms with van der Waals surface area (Å²) in [5.41, 5.74) is 2.66. The van der Waals surface area contributed by atoms with Crippen LogP contribution in [0.5, 0.6) is 23.0 Å². The Kier molecular flexibility index (Phi) is 7.62. The molecule has 0 saturated heterocycles. The molecule has 4 aromatic carbocycles. The second-order valence-electron chi connectivity index (χ2n) is 7.19. The van der Waals surface area contributed by atoms with E-state index in [4.69, 9.17) is 25.8 Å². The van der Waals surface area contributed by atoms with Gasteiger partial charge in [-0.3, -0.25) is 4.99 Å². The zero-order valence-electron chi connectivity index (χ0n) is 18.3. The molecule has 0 radical (unpaired) electrons. The van der Waals surface area contributed by atoms with Crippen molar-refractivity contribution in [2.75, 3.05) is 6.61 Å². The highest BCUT2D eigenvalue weighted by atomic mass is 35.5. The summed E-state index contributed by atoms with van der Waals surface area (Å²) in [5, 5.41) is 0.680. The summed E-state index contributed by atoms with van der Waals surface area (Å²) in [6, 6.07) is 30.7. The molecule has 0 aromatic heterocycles. The largest absolute Gasteiger partial charge is 0.490 e. The normalized spacial score (nSPS) is 10.8. The summed E-state index contributed by atoms with van der Waals surface area (Å²) in [7, 11) is 0. The predicted molar refractivity (Wildman–Crippen MR) is 134 cm³/mol. The lowest BCUT2D eigenvalue weighted by Crippen LogP contribution is -2.00. The summed E-state index contributed by atoms with van der Waals surface area (Å²) >= 11 is 6.23. The van der Waals surface area contributed by atoms with Crippen molar-refractivity contribution < 1.29 is 14.2 Å². The Bertz CT molecular complexity index is 1210. The van der Waals surface area contributed by atoms with Crippen LogP contribution in [0.25, 0.3) is 0 Å². The van der Waals surface area contributed by atoms with Crippen molar-refractivity contribution in [1.29, 1.82) is 0 Å². The van der Waals surface area contributed by atoms with E-state index in [0.29, 0.717) is 29.7 Å². The third-order valence-corrected chi connectivity index (χ3v) is 5.16. The van der Waals surface area contributed by atoms with Crippen molar-refractivity contribution in [3.05, 3.63) is 113 Å². The van der Waals surface area contributed by atoms with Gasteiger partial charge in [-0.25, -0.2) is 0 Å². The molecular formula is C28H24ClNO3. The van der Waals surface area contributed by atoms with E-state index in [1.54, 1.807) is 6.21 Å². The number of nitrogens with zero attached hydrogens (tertiary/aromatic N) is 1. The van der Waals surface area contributed by atoms with Crippen LogP contribution in [0, 0.1) is 0 Å². The lowest BCUT2D eigenvalue weighted by Gasteiger charge is -2.13. The highest BCUT2D eigenvalue weighted by Gasteiger charge is 2.08. The molecule has 0 bridgehead atoms. The van der Waals surface area contributed by atoms with Crippen molar-refractivity contribution >= 4 is 23.5 Å². The number of rotatable bonds is 9. The molecule has 0 aliphatic rings. The summed E-state index contributed by atoms with van der Waals surface area (Å²) in [5.74, 6) is 2.89. The van der Waals surface area contributed by atoms with Crippen LogP contribution in [0.15, 0.2) is 102 Å². The summed E-state index contributed by atoms with van der Waals surface area (Å²) in [6.45, 7) is 2.84. The average Bonchev–Trinajstić information content (AvgIpc) is 2.85. The minimum absolute atomic E-state index is 0.366. The molecule has 0 N–H and O–H groups in total. The molecule has 4 aromatic rings. The minimum atomic E-state index is 0.366. The second kappa shape index (κ2) is 11.2. The standard InChI is InChI=1S/C28H24ClNO3/c1-2-31-28-18-21(12-17-27(28)32-20-22-8-6-7-11-26(22)29)19-30-23-13-15-25(16-14-23)33-24-9-4-3-5-10-24/h3-19H,2,20H2,1H3. The molecule has 0 unspecified atom stereocenters. The van der Waals surface area contributed by atoms with E-state index in [9.17, 15) is 0 Å². The van der Waals surface area contributed by atoms with Crippen LogP contribution in [-0.2, 0) is 6.61 Å².